The van der Waals surface area contributed by atoms with Crippen LogP contribution >= 0.6 is 0 Å². The van der Waals surface area contributed by atoms with E-state index in [-0.39, 0.29) is 22.1 Å². The van der Waals surface area contributed by atoms with Crippen molar-refractivity contribution in [2.45, 2.75) is 55.7 Å². The largest absolute Gasteiger partial charge is 0.294 e. The highest BCUT2D eigenvalue weighted by Gasteiger charge is 2.25. The first-order valence-electron chi connectivity index (χ1n) is 8.58. The smallest absolute Gasteiger partial charge is 0.282 e. The van der Waals surface area contributed by atoms with Crippen molar-refractivity contribution in [1.29, 1.82) is 0 Å². The summed E-state index contributed by atoms with van der Waals surface area (Å²) in [7, 11) is -8.83. The lowest BCUT2D eigenvalue weighted by Crippen LogP contribution is -2.13. The van der Waals surface area contributed by atoms with Crippen LogP contribution in [0.1, 0.15) is 47.9 Å². The van der Waals surface area contributed by atoms with E-state index in [9.17, 15) is 25.9 Å². The van der Waals surface area contributed by atoms with E-state index in [0.29, 0.717) is 17.5 Å². The standard InChI is InChI=1S/C19H24O6S2/c1-4-5-15(17-11-14(3)7-9-19(17)27(23,24)25)12-16-10-13(2)6-8-18(16)26(20,21)22/h6-11,15H,4-5,12H2,1-3H3,(H,20,21,22)(H,23,24,25). The molecule has 2 aromatic carbocycles. The molecule has 0 heterocycles. The van der Waals surface area contributed by atoms with Gasteiger partial charge in [-0.3, -0.25) is 9.11 Å². The van der Waals surface area contributed by atoms with Gasteiger partial charge in [0.25, 0.3) is 20.2 Å². The van der Waals surface area contributed by atoms with E-state index in [4.69, 9.17) is 0 Å². The highest BCUT2D eigenvalue weighted by atomic mass is 32.2. The van der Waals surface area contributed by atoms with Crippen LogP contribution in [0.4, 0.5) is 0 Å². The molecule has 0 radical (unpaired) electrons. The Kier molecular flexibility index (Phi) is 6.47. The first kappa shape index (κ1) is 21.6. The van der Waals surface area contributed by atoms with Crippen LogP contribution in [0.2, 0.25) is 0 Å². The summed E-state index contributed by atoms with van der Waals surface area (Å²) in [5, 5.41) is 0. The lowest BCUT2D eigenvalue weighted by Gasteiger charge is -2.21. The van der Waals surface area contributed by atoms with Crippen molar-refractivity contribution in [3.05, 3.63) is 58.7 Å². The van der Waals surface area contributed by atoms with Gasteiger partial charge in [0.15, 0.2) is 0 Å². The minimum Gasteiger partial charge on any atom is -0.282 e. The molecule has 2 aromatic rings. The van der Waals surface area contributed by atoms with Gasteiger partial charge in [0.05, 0.1) is 9.79 Å². The van der Waals surface area contributed by atoms with Gasteiger partial charge in [0.1, 0.15) is 0 Å². The van der Waals surface area contributed by atoms with E-state index < -0.39 is 20.2 Å². The molecule has 1 atom stereocenters. The predicted molar refractivity (Wildman–Crippen MR) is 103 cm³/mol. The SMILES string of the molecule is CCCC(Cc1cc(C)ccc1S(=O)(=O)O)c1cc(C)ccc1S(=O)(=O)O. The summed E-state index contributed by atoms with van der Waals surface area (Å²) in [6.07, 6.45) is 1.54. The number of rotatable bonds is 7. The molecule has 2 rings (SSSR count). The number of hydrogen-bond donors (Lipinski definition) is 2. The fourth-order valence-corrected chi connectivity index (χ4v) is 4.80. The van der Waals surface area contributed by atoms with Gasteiger partial charge >= 0.3 is 0 Å². The second-order valence-corrected chi connectivity index (χ2v) is 9.57. The van der Waals surface area contributed by atoms with E-state index >= 15 is 0 Å². The molecule has 0 fully saturated rings. The Balaban J connectivity index is 2.63. The quantitative estimate of drug-likeness (QED) is 0.667. The van der Waals surface area contributed by atoms with Crippen LogP contribution < -0.4 is 0 Å². The minimum absolute atomic E-state index is 0.174. The second kappa shape index (κ2) is 8.10. The zero-order chi connectivity index (χ0) is 20.4. The van der Waals surface area contributed by atoms with E-state index in [1.807, 2.05) is 20.8 Å². The molecule has 1 unspecified atom stereocenters. The number of hydrogen-bond acceptors (Lipinski definition) is 4. The molecule has 148 valence electrons. The van der Waals surface area contributed by atoms with Gasteiger partial charge in [0.2, 0.25) is 0 Å². The Labute approximate surface area is 160 Å². The van der Waals surface area contributed by atoms with Crippen molar-refractivity contribution in [2.24, 2.45) is 0 Å². The van der Waals surface area contributed by atoms with Crippen LogP contribution in [0.5, 0.6) is 0 Å². The monoisotopic (exact) mass is 412 g/mol. The maximum atomic E-state index is 11.8. The Morgan fingerprint density at radius 1 is 0.852 bits per heavy atom. The van der Waals surface area contributed by atoms with Crippen molar-refractivity contribution >= 4 is 20.2 Å². The first-order valence-corrected chi connectivity index (χ1v) is 11.5. The van der Waals surface area contributed by atoms with Crippen LogP contribution in [0, 0.1) is 13.8 Å². The van der Waals surface area contributed by atoms with Crippen LogP contribution in [0.3, 0.4) is 0 Å². The van der Waals surface area contributed by atoms with Gasteiger partial charge in [-0.2, -0.15) is 16.8 Å². The molecule has 8 heteroatoms. The molecule has 0 aliphatic carbocycles. The fraction of sp³-hybridized carbons (Fsp3) is 0.368. The molecule has 2 N–H and O–H groups in total. The first-order chi connectivity index (χ1) is 12.4. The topological polar surface area (TPSA) is 109 Å². The van der Waals surface area contributed by atoms with Gasteiger partial charge in [-0.15, -0.1) is 0 Å². The molecule has 0 saturated heterocycles. The van der Waals surface area contributed by atoms with Crippen molar-refractivity contribution < 1.29 is 25.9 Å². The van der Waals surface area contributed by atoms with Gasteiger partial charge in [0, 0.05) is 0 Å². The van der Waals surface area contributed by atoms with Gasteiger partial charge in [-0.25, -0.2) is 0 Å². The molecule has 0 aromatic heterocycles. The second-order valence-electron chi connectivity index (χ2n) is 6.79. The van der Waals surface area contributed by atoms with Gasteiger partial charge in [-0.05, 0) is 55.9 Å². The Morgan fingerprint density at radius 3 is 1.89 bits per heavy atom. The van der Waals surface area contributed by atoms with Crippen LogP contribution in [0.15, 0.2) is 46.2 Å². The summed E-state index contributed by atoms with van der Waals surface area (Å²) in [5.41, 5.74) is 2.52. The lowest BCUT2D eigenvalue weighted by molar-refractivity contribution is 0.475. The number of aryl methyl sites for hydroxylation is 2. The molecule has 27 heavy (non-hydrogen) atoms. The van der Waals surface area contributed by atoms with Crippen molar-refractivity contribution in [3.8, 4) is 0 Å². The van der Waals surface area contributed by atoms with Crippen LogP contribution in [0.25, 0.3) is 0 Å². The fourth-order valence-electron chi connectivity index (χ4n) is 3.32. The number of benzene rings is 2. The third kappa shape index (κ3) is 5.38. The normalized spacial score (nSPS) is 13.5. The molecular formula is C19H24O6S2. The van der Waals surface area contributed by atoms with E-state index in [1.54, 1.807) is 24.3 Å². The maximum absolute atomic E-state index is 11.8. The molecule has 0 amide bonds. The molecule has 0 aliphatic rings. The van der Waals surface area contributed by atoms with Gasteiger partial charge < -0.3 is 0 Å². The molecule has 0 saturated carbocycles. The van der Waals surface area contributed by atoms with E-state index in [2.05, 4.69) is 0 Å². The zero-order valence-electron chi connectivity index (χ0n) is 15.5. The van der Waals surface area contributed by atoms with Crippen LogP contribution in [-0.2, 0) is 26.7 Å². The predicted octanol–water partition coefficient (Wildman–Crippen LogP) is 3.92. The van der Waals surface area contributed by atoms with E-state index in [0.717, 1.165) is 17.5 Å². The Bertz CT molecular complexity index is 1040. The third-order valence-corrected chi connectivity index (χ3v) is 6.36. The Morgan fingerprint density at radius 2 is 1.37 bits per heavy atom. The summed E-state index contributed by atoms with van der Waals surface area (Å²) < 4.78 is 66.3. The van der Waals surface area contributed by atoms with E-state index in [1.165, 1.54) is 12.1 Å². The zero-order valence-corrected chi connectivity index (χ0v) is 17.1. The average molecular weight is 413 g/mol. The highest BCUT2D eigenvalue weighted by molar-refractivity contribution is 7.86. The van der Waals surface area contributed by atoms with Gasteiger partial charge in [-0.1, -0.05) is 48.7 Å². The maximum Gasteiger partial charge on any atom is 0.294 e. The summed E-state index contributed by atoms with van der Waals surface area (Å²) >= 11 is 0. The molecular weight excluding hydrogens is 388 g/mol. The summed E-state index contributed by atoms with van der Waals surface area (Å²) in [4.78, 5) is -0.358. The summed E-state index contributed by atoms with van der Waals surface area (Å²) in [6.45, 7) is 5.56. The summed E-state index contributed by atoms with van der Waals surface area (Å²) in [5.74, 6) is -0.339. The molecule has 0 spiro atoms. The average Bonchev–Trinajstić information content (AvgIpc) is 2.52. The Hall–Kier alpha value is -1.74. The van der Waals surface area contributed by atoms with Crippen LogP contribution in [-0.4, -0.2) is 25.9 Å². The minimum atomic E-state index is -4.42. The molecule has 0 aliphatic heterocycles. The van der Waals surface area contributed by atoms with Crippen molar-refractivity contribution in [2.75, 3.05) is 0 Å². The summed E-state index contributed by atoms with van der Waals surface area (Å²) in [6, 6.07) is 9.29. The highest BCUT2D eigenvalue weighted by Crippen LogP contribution is 2.33. The van der Waals surface area contributed by atoms with Crippen molar-refractivity contribution in [3.63, 3.8) is 0 Å². The molecule has 6 nitrogen and oxygen atoms in total. The molecule has 0 bridgehead atoms. The van der Waals surface area contributed by atoms with Crippen molar-refractivity contribution in [1.82, 2.24) is 0 Å². The third-order valence-electron chi connectivity index (χ3n) is 4.48. The lowest BCUT2D eigenvalue weighted by atomic mass is 9.87.